The third kappa shape index (κ3) is 4.66. The van der Waals surface area contributed by atoms with E-state index in [2.05, 4.69) is 5.32 Å². The number of hydrogen-bond acceptors (Lipinski definition) is 3. The number of carbonyl (C=O) groups excluding carboxylic acids is 2. The van der Waals surface area contributed by atoms with Gasteiger partial charge in [-0.15, -0.1) is 0 Å². The molecule has 32 heavy (non-hydrogen) atoms. The fraction of sp³-hybridized carbons (Fsp3) is 0.160. The molecule has 3 aromatic rings. The lowest BCUT2D eigenvalue weighted by atomic mass is 10.1. The summed E-state index contributed by atoms with van der Waals surface area (Å²) in [6, 6.07) is 23.5. The molecule has 4 rings (SSSR count). The van der Waals surface area contributed by atoms with Crippen LogP contribution in [0, 0.1) is 6.92 Å². The Morgan fingerprint density at radius 2 is 1.75 bits per heavy atom. The Bertz CT molecular complexity index is 1170. The predicted octanol–water partition coefficient (Wildman–Crippen LogP) is 5.18. The van der Waals surface area contributed by atoms with E-state index in [4.69, 9.17) is 23.8 Å². The first-order valence-electron chi connectivity index (χ1n) is 10.2. The lowest BCUT2D eigenvalue weighted by Gasteiger charge is -2.24. The molecule has 0 spiro atoms. The first-order valence-corrected chi connectivity index (χ1v) is 11.0. The summed E-state index contributed by atoms with van der Waals surface area (Å²) in [6.45, 7) is 2.29. The predicted molar refractivity (Wildman–Crippen MR) is 132 cm³/mol. The zero-order valence-corrected chi connectivity index (χ0v) is 19.1. The van der Waals surface area contributed by atoms with Gasteiger partial charge in [-0.05, 0) is 60.6 Å². The summed E-state index contributed by atoms with van der Waals surface area (Å²) in [5.41, 5.74) is 3.24. The minimum Gasteiger partial charge on any atom is -0.332 e. The van der Waals surface area contributed by atoms with Crippen molar-refractivity contribution in [2.75, 3.05) is 10.2 Å². The lowest BCUT2D eigenvalue weighted by molar-refractivity contribution is -0.124. The van der Waals surface area contributed by atoms with Crippen LogP contribution in [0.3, 0.4) is 0 Å². The zero-order valence-electron chi connectivity index (χ0n) is 17.5. The van der Waals surface area contributed by atoms with Gasteiger partial charge in [0.25, 0.3) is 5.91 Å². The van der Waals surface area contributed by atoms with Crippen molar-refractivity contribution in [2.45, 2.75) is 25.9 Å². The Kier molecular flexibility index (Phi) is 6.53. The summed E-state index contributed by atoms with van der Waals surface area (Å²) < 4.78 is 0. The van der Waals surface area contributed by atoms with Crippen LogP contribution in [0.15, 0.2) is 78.9 Å². The van der Waals surface area contributed by atoms with Crippen molar-refractivity contribution >= 4 is 52.1 Å². The highest BCUT2D eigenvalue weighted by molar-refractivity contribution is 7.80. The number of para-hydroxylation sites is 1. The molecule has 0 bridgehead atoms. The molecule has 5 nitrogen and oxygen atoms in total. The molecule has 0 aliphatic carbocycles. The van der Waals surface area contributed by atoms with Gasteiger partial charge in [-0.2, -0.15) is 0 Å². The molecular formula is C25H22ClN3O2S. The highest BCUT2D eigenvalue weighted by Crippen LogP contribution is 2.30. The van der Waals surface area contributed by atoms with Gasteiger partial charge >= 0.3 is 0 Å². The fourth-order valence-corrected chi connectivity index (χ4v) is 4.33. The van der Waals surface area contributed by atoms with E-state index in [0.717, 1.165) is 11.1 Å². The monoisotopic (exact) mass is 463 g/mol. The SMILES string of the molecule is Cc1cccc(NC(=O)C[C@@H]2C(=O)N(c3ccccc3)C(=S)N2Cc2ccccc2Cl)c1. The summed E-state index contributed by atoms with van der Waals surface area (Å²) in [5.74, 6) is -0.483. The number of anilines is 2. The zero-order chi connectivity index (χ0) is 22.7. The van der Waals surface area contributed by atoms with Crippen LogP contribution in [-0.2, 0) is 16.1 Å². The Hall–Kier alpha value is -3.22. The number of hydrogen-bond donors (Lipinski definition) is 1. The van der Waals surface area contributed by atoms with E-state index in [9.17, 15) is 9.59 Å². The number of carbonyl (C=O) groups is 2. The molecule has 0 unspecified atom stereocenters. The maximum Gasteiger partial charge on any atom is 0.256 e. The van der Waals surface area contributed by atoms with E-state index >= 15 is 0 Å². The Morgan fingerprint density at radius 1 is 1.03 bits per heavy atom. The van der Waals surface area contributed by atoms with E-state index in [1.807, 2.05) is 79.7 Å². The van der Waals surface area contributed by atoms with E-state index < -0.39 is 6.04 Å². The average Bonchev–Trinajstić information content (AvgIpc) is 2.99. The Labute approximate surface area is 197 Å². The van der Waals surface area contributed by atoms with Crippen molar-refractivity contribution in [1.29, 1.82) is 0 Å². The van der Waals surface area contributed by atoms with E-state index in [1.165, 1.54) is 4.90 Å². The maximum absolute atomic E-state index is 13.4. The topological polar surface area (TPSA) is 52.7 Å². The molecule has 0 aromatic heterocycles. The van der Waals surface area contributed by atoms with Crippen LogP contribution in [0.4, 0.5) is 11.4 Å². The number of nitrogens with one attached hydrogen (secondary N) is 1. The number of amides is 2. The van der Waals surface area contributed by atoms with Gasteiger partial charge in [0.1, 0.15) is 6.04 Å². The molecule has 1 atom stereocenters. The highest BCUT2D eigenvalue weighted by atomic mass is 35.5. The number of nitrogens with zero attached hydrogens (tertiary/aromatic N) is 2. The number of aryl methyl sites for hydroxylation is 1. The minimum atomic E-state index is -0.733. The Balaban J connectivity index is 1.61. The van der Waals surface area contributed by atoms with Gasteiger partial charge in [0.05, 0.1) is 12.1 Å². The van der Waals surface area contributed by atoms with E-state index in [0.29, 0.717) is 28.1 Å². The molecule has 1 saturated heterocycles. The van der Waals surface area contributed by atoms with Crippen molar-refractivity contribution in [3.05, 3.63) is 95.0 Å². The Morgan fingerprint density at radius 3 is 2.47 bits per heavy atom. The standard InChI is InChI=1S/C25H22ClN3O2S/c1-17-8-7-10-19(14-17)27-23(30)15-22-24(31)29(20-11-3-2-4-12-20)25(32)28(22)16-18-9-5-6-13-21(18)26/h2-14,22H,15-16H2,1H3,(H,27,30)/t22-/m1/s1. The normalized spacial score (nSPS) is 15.9. The van der Waals surface area contributed by atoms with Gasteiger partial charge in [-0.3, -0.25) is 14.5 Å². The van der Waals surface area contributed by atoms with E-state index in [1.54, 1.807) is 11.0 Å². The quantitative estimate of drug-likeness (QED) is 0.512. The van der Waals surface area contributed by atoms with Gasteiger partial charge in [-0.25, -0.2) is 0 Å². The summed E-state index contributed by atoms with van der Waals surface area (Å²) >= 11 is 12.1. The highest BCUT2D eigenvalue weighted by Gasteiger charge is 2.44. The fourth-order valence-electron chi connectivity index (χ4n) is 3.75. The molecule has 2 amide bonds. The van der Waals surface area contributed by atoms with Gasteiger partial charge in [-0.1, -0.05) is 60.1 Å². The van der Waals surface area contributed by atoms with Crippen molar-refractivity contribution in [1.82, 2.24) is 4.90 Å². The summed E-state index contributed by atoms with van der Waals surface area (Å²) in [7, 11) is 0. The molecule has 0 saturated carbocycles. The first kappa shape index (κ1) is 22.0. The summed E-state index contributed by atoms with van der Waals surface area (Å²) in [6.07, 6.45) is -0.0271. The van der Waals surface area contributed by atoms with Crippen LogP contribution >= 0.6 is 23.8 Å². The van der Waals surface area contributed by atoms with Crippen LogP contribution in [0.2, 0.25) is 5.02 Å². The van der Waals surface area contributed by atoms with Crippen molar-refractivity contribution < 1.29 is 9.59 Å². The molecule has 1 fully saturated rings. The van der Waals surface area contributed by atoms with Crippen molar-refractivity contribution in [3.63, 3.8) is 0 Å². The molecule has 1 heterocycles. The number of benzene rings is 3. The third-order valence-corrected chi connectivity index (χ3v) is 6.10. The molecule has 162 valence electrons. The van der Waals surface area contributed by atoms with Gasteiger partial charge in [0.2, 0.25) is 5.91 Å². The van der Waals surface area contributed by atoms with Crippen LogP contribution in [0.25, 0.3) is 0 Å². The van der Waals surface area contributed by atoms with Gasteiger partial charge < -0.3 is 10.2 Å². The second-order valence-corrected chi connectivity index (χ2v) is 8.42. The first-order chi connectivity index (χ1) is 15.4. The largest absolute Gasteiger partial charge is 0.332 e. The van der Waals surface area contributed by atoms with Crippen LogP contribution < -0.4 is 10.2 Å². The second-order valence-electron chi connectivity index (χ2n) is 7.65. The number of halogens is 1. The van der Waals surface area contributed by atoms with Crippen LogP contribution in [-0.4, -0.2) is 27.9 Å². The van der Waals surface area contributed by atoms with Gasteiger partial charge in [0, 0.05) is 17.3 Å². The van der Waals surface area contributed by atoms with Gasteiger partial charge in [0.15, 0.2) is 5.11 Å². The van der Waals surface area contributed by atoms with Crippen molar-refractivity contribution in [2.24, 2.45) is 0 Å². The molecule has 1 aliphatic rings. The molecule has 1 aliphatic heterocycles. The number of rotatable bonds is 6. The van der Waals surface area contributed by atoms with Crippen molar-refractivity contribution in [3.8, 4) is 0 Å². The van der Waals surface area contributed by atoms with Crippen LogP contribution in [0.5, 0.6) is 0 Å². The van der Waals surface area contributed by atoms with E-state index in [-0.39, 0.29) is 18.2 Å². The second kappa shape index (κ2) is 9.51. The van der Waals surface area contributed by atoms with Crippen LogP contribution in [0.1, 0.15) is 17.5 Å². The molecular weight excluding hydrogens is 442 g/mol. The smallest absolute Gasteiger partial charge is 0.256 e. The third-order valence-electron chi connectivity index (χ3n) is 5.31. The number of thiocarbonyl (C=S) groups is 1. The average molecular weight is 464 g/mol. The summed E-state index contributed by atoms with van der Waals surface area (Å²) in [5, 5.41) is 3.83. The maximum atomic E-state index is 13.4. The lowest BCUT2D eigenvalue weighted by Crippen LogP contribution is -2.37. The molecule has 0 radical (unpaired) electrons. The summed E-state index contributed by atoms with van der Waals surface area (Å²) in [4.78, 5) is 29.6. The molecule has 1 N–H and O–H groups in total. The molecule has 3 aromatic carbocycles. The minimum absolute atomic E-state index is 0.0271. The molecule has 7 heteroatoms.